The van der Waals surface area contributed by atoms with E-state index >= 15 is 0 Å². The molecule has 0 radical (unpaired) electrons. The second-order valence-electron chi connectivity index (χ2n) is 14.3. The molecule has 252 valence electrons. The molecule has 0 spiro atoms. The molecule has 0 aliphatic heterocycles. The maximum atomic E-state index is 14.4. The van der Waals surface area contributed by atoms with Gasteiger partial charge in [0, 0.05) is 12.8 Å². The van der Waals surface area contributed by atoms with E-state index in [0.29, 0.717) is 19.3 Å². The number of amides is 2. The van der Waals surface area contributed by atoms with Crippen molar-refractivity contribution in [2.45, 2.75) is 146 Å². The summed E-state index contributed by atoms with van der Waals surface area (Å²) >= 11 is 0. The minimum Gasteiger partial charge on any atom is -0.389 e. The normalized spacial score (nSPS) is 19.6. The van der Waals surface area contributed by atoms with E-state index in [1.165, 1.54) is 4.90 Å². The third kappa shape index (κ3) is 11.4. The van der Waals surface area contributed by atoms with Crippen molar-refractivity contribution in [1.82, 2.24) is 10.2 Å². The lowest BCUT2D eigenvalue weighted by Crippen LogP contribution is -2.58. The summed E-state index contributed by atoms with van der Waals surface area (Å²) in [7, 11) is -3.82. The smallest absolute Gasteiger partial charge is 0.243 e. The number of nitrogens with zero attached hydrogens (tertiary/aromatic N) is 1. The first kappa shape index (κ1) is 37.1. The van der Waals surface area contributed by atoms with Crippen molar-refractivity contribution in [1.29, 1.82) is 0 Å². The number of hydrogen-bond donors (Lipinski definition) is 3. The van der Waals surface area contributed by atoms with E-state index in [1.54, 1.807) is 20.8 Å². The molecule has 0 aromatic heterocycles. The summed E-state index contributed by atoms with van der Waals surface area (Å²) in [5.41, 5.74) is 0.955. The zero-order chi connectivity index (χ0) is 33.0. The molecule has 0 bridgehead atoms. The number of nitrogens with one attached hydrogen (secondary N) is 1. The van der Waals surface area contributed by atoms with E-state index < -0.39 is 50.7 Å². The van der Waals surface area contributed by atoms with Gasteiger partial charge in [-0.2, -0.15) is 0 Å². The van der Waals surface area contributed by atoms with Crippen LogP contribution in [0.15, 0.2) is 30.3 Å². The molecule has 2 saturated carbocycles. The topological polar surface area (TPSA) is 124 Å². The van der Waals surface area contributed by atoms with Gasteiger partial charge in [0.05, 0.1) is 16.9 Å². The van der Waals surface area contributed by atoms with Crippen LogP contribution in [0.4, 0.5) is 0 Å². The second-order valence-corrected chi connectivity index (χ2v) is 17.0. The first-order valence-electron chi connectivity index (χ1n) is 17.0. The maximum Gasteiger partial charge on any atom is 0.243 e. The Morgan fingerprint density at radius 2 is 1.51 bits per heavy atom. The van der Waals surface area contributed by atoms with Gasteiger partial charge in [0.1, 0.15) is 18.0 Å². The minimum absolute atomic E-state index is 0.0579. The molecule has 0 unspecified atom stereocenters. The van der Waals surface area contributed by atoms with Crippen molar-refractivity contribution in [2.75, 3.05) is 5.88 Å². The highest BCUT2D eigenvalue weighted by Crippen LogP contribution is 2.32. The van der Waals surface area contributed by atoms with Crippen LogP contribution in [0.5, 0.6) is 0 Å². The van der Waals surface area contributed by atoms with Crippen molar-refractivity contribution in [3.05, 3.63) is 35.9 Å². The molecular formula is C36H56N2O6S. The predicted octanol–water partition coefficient (Wildman–Crippen LogP) is 5.16. The molecule has 1 aromatic rings. The fourth-order valence-corrected chi connectivity index (χ4v) is 7.80. The highest BCUT2D eigenvalue weighted by molar-refractivity contribution is 7.92. The molecule has 1 aromatic carbocycles. The average molecular weight is 645 g/mol. The molecule has 8 nitrogen and oxygen atoms in total. The number of carbonyl (C=O) groups excluding carboxylic acids is 2. The van der Waals surface area contributed by atoms with Crippen molar-refractivity contribution >= 4 is 21.7 Å². The van der Waals surface area contributed by atoms with Crippen LogP contribution in [0.3, 0.4) is 0 Å². The quantitative estimate of drug-likeness (QED) is 0.227. The Bertz CT molecular complexity index is 1210. The monoisotopic (exact) mass is 644 g/mol. The minimum atomic E-state index is -3.82. The fraction of sp³-hybridized carbons (Fsp3) is 0.722. The number of rotatable bonds is 15. The number of aryl methyl sites for hydroxylation is 1. The van der Waals surface area contributed by atoms with Crippen LogP contribution in [0, 0.1) is 24.2 Å². The molecule has 9 heteroatoms. The molecule has 2 amide bonds. The second kappa shape index (κ2) is 17.5. The number of carbonyl (C=O) groups is 2. The van der Waals surface area contributed by atoms with Gasteiger partial charge in [-0.1, -0.05) is 94.5 Å². The van der Waals surface area contributed by atoms with E-state index in [1.807, 2.05) is 30.3 Å². The number of aliphatic hydroxyl groups excluding tert-OH is 2. The Balaban J connectivity index is 1.96. The molecule has 2 aliphatic rings. The number of benzene rings is 1. The predicted molar refractivity (Wildman–Crippen MR) is 179 cm³/mol. The van der Waals surface area contributed by atoms with E-state index in [2.05, 4.69) is 11.2 Å². The molecule has 0 saturated heterocycles. The average Bonchev–Trinajstić information content (AvgIpc) is 3.02. The Morgan fingerprint density at radius 3 is 2.04 bits per heavy atom. The first-order chi connectivity index (χ1) is 21.3. The Morgan fingerprint density at radius 1 is 0.956 bits per heavy atom. The zero-order valence-electron chi connectivity index (χ0n) is 27.6. The summed E-state index contributed by atoms with van der Waals surface area (Å²) < 4.78 is 26.1. The summed E-state index contributed by atoms with van der Waals surface area (Å²) in [6, 6.07) is 7.73. The molecular weight excluding hydrogens is 588 g/mol. The molecule has 2 aliphatic carbocycles. The standard InChI is InChI=1S/C36H56N2O6S/c1-5-15-32(39)34(41)30(24-28-18-11-7-12-19-28)37-35(42)31(25-29-20-13-8-14-21-29)38(26-45(43,44)36(2,3)4)33(40)23-22-27-16-9-6-10-17-27/h1,6,9-10,16-17,28-32,34,39,41H,7-8,11-15,18-26H2,2-4H3,(H,37,42)/t30-,31-,32+,34-/m1/s1. The summed E-state index contributed by atoms with van der Waals surface area (Å²) in [4.78, 5) is 29.7. The Labute approximate surface area is 271 Å². The molecule has 4 atom stereocenters. The Kier molecular flexibility index (Phi) is 14.4. The first-order valence-corrected chi connectivity index (χ1v) is 18.6. The number of sulfone groups is 1. The highest BCUT2D eigenvalue weighted by atomic mass is 32.2. The van der Waals surface area contributed by atoms with E-state index in [9.17, 15) is 28.2 Å². The maximum absolute atomic E-state index is 14.4. The summed E-state index contributed by atoms with van der Waals surface area (Å²) in [6.07, 6.45) is 14.4. The Hall–Kier alpha value is -2.41. The van der Waals surface area contributed by atoms with Crippen LogP contribution in [0.2, 0.25) is 0 Å². The van der Waals surface area contributed by atoms with Crippen LogP contribution in [-0.2, 0) is 25.8 Å². The summed E-state index contributed by atoms with van der Waals surface area (Å²) in [5, 5.41) is 24.9. The lowest BCUT2D eigenvalue weighted by molar-refractivity contribution is -0.141. The van der Waals surface area contributed by atoms with E-state index in [0.717, 1.165) is 69.8 Å². The third-order valence-corrected chi connectivity index (χ3v) is 12.3. The lowest BCUT2D eigenvalue weighted by Gasteiger charge is -2.38. The van der Waals surface area contributed by atoms with Gasteiger partial charge in [-0.05, 0) is 57.4 Å². The van der Waals surface area contributed by atoms with Gasteiger partial charge in [0.2, 0.25) is 11.8 Å². The summed E-state index contributed by atoms with van der Waals surface area (Å²) in [5.74, 6) is 1.41. The largest absolute Gasteiger partial charge is 0.389 e. The third-order valence-electron chi connectivity index (χ3n) is 9.77. The van der Waals surface area contributed by atoms with E-state index in [4.69, 9.17) is 6.42 Å². The van der Waals surface area contributed by atoms with Crippen LogP contribution in [0.1, 0.15) is 116 Å². The molecule has 2 fully saturated rings. The fourth-order valence-electron chi connectivity index (χ4n) is 6.72. The summed E-state index contributed by atoms with van der Waals surface area (Å²) in [6.45, 7) is 4.82. The van der Waals surface area contributed by atoms with Crippen LogP contribution >= 0.6 is 0 Å². The molecule has 0 heterocycles. The lowest BCUT2D eigenvalue weighted by atomic mass is 9.82. The van der Waals surface area contributed by atoms with Crippen molar-refractivity contribution in [3.8, 4) is 12.3 Å². The van der Waals surface area contributed by atoms with Crippen LogP contribution < -0.4 is 5.32 Å². The van der Waals surface area contributed by atoms with Gasteiger partial charge in [-0.15, -0.1) is 12.3 Å². The zero-order valence-corrected chi connectivity index (χ0v) is 28.4. The molecule has 3 N–H and O–H groups in total. The van der Waals surface area contributed by atoms with Gasteiger partial charge in [0.25, 0.3) is 0 Å². The van der Waals surface area contributed by atoms with Crippen LogP contribution in [0.25, 0.3) is 0 Å². The van der Waals surface area contributed by atoms with Gasteiger partial charge in [-0.25, -0.2) is 8.42 Å². The van der Waals surface area contributed by atoms with Gasteiger partial charge >= 0.3 is 0 Å². The van der Waals surface area contributed by atoms with Crippen molar-refractivity contribution in [3.63, 3.8) is 0 Å². The number of terminal acetylenes is 1. The van der Waals surface area contributed by atoms with E-state index in [-0.39, 0.29) is 30.6 Å². The van der Waals surface area contributed by atoms with Gasteiger partial charge < -0.3 is 20.4 Å². The number of hydrogen-bond acceptors (Lipinski definition) is 6. The molecule has 3 rings (SSSR count). The van der Waals surface area contributed by atoms with Crippen molar-refractivity contribution < 1.29 is 28.2 Å². The molecule has 45 heavy (non-hydrogen) atoms. The van der Waals surface area contributed by atoms with Crippen molar-refractivity contribution in [2.24, 2.45) is 11.8 Å². The van der Waals surface area contributed by atoms with Gasteiger partial charge in [-0.3, -0.25) is 9.59 Å². The SMILES string of the molecule is C#CC[C@H](O)[C@H](O)[C@@H](CC1CCCCC1)NC(=O)[C@@H](CC1CCCCC1)N(CS(=O)(=O)C(C)(C)C)C(=O)CCc1ccccc1. The highest BCUT2D eigenvalue weighted by Gasteiger charge is 2.40. The van der Waals surface area contributed by atoms with Crippen LogP contribution in [-0.4, -0.2) is 70.3 Å². The number of aliphatic hydroxyl groups is 2. The van der Waals surface area contributed by atoms with Gasteiger partial charge in [0.15, 0.2) is 9.84 Å².